The summed E-state index contributed by atoms with van der Waals surface area (Å²) >= 11 is 0. The molecule has 3 nitrogen and oxygen atoms in total. The first-order valence-corrected chi connectivity index (χ1v) is 5.08. The number of nitriles is 1. The van der Waals surface area contributed by atoms with E-state index in [1.807, 2.05) is 6.07 Å². The third-order valence-corrected chi connectivity index (χ3v) is 2.47. The fraction of sp³-hybridized carbons (Fsp3) is 0.0769. The van der Waals surface area contributed by atoms with Crippen LogP contribution in [-0.2, 0) is 6.54 Å². The Morgan fingerprint density at radius 2 is 2.12 bits per heavy atom. The number of nitrogens with zero attached hydrogens (tertiary/aromatic N) is 2. The van der Waals surface area contributed by atoms with Crippen LogP contribution >= 0.6 is 0 Å². The lowest BCUT2D eigenvalue weighted by atomic mass is 10.00. The lowest BCUT2D eigenvalue weighted by molar-refractivity contribution is 0.625. The van der Waals surface area contributed by atoms with Crippen molar-refractivity contribution < 1.29 is 4.39 Å². The van der Waals surface area contributed by atoms with Gasteiger partial charge < -0.3 is 5.73 Å². The molecule has 0 aliphatic rings. The smallest absolute Gasteiger partial charge is 0.123 e. The highest BCUT2D eigenvalue weighted by Gasteiger charge is 2.06. The average molecular weight is 227 g/mol. The monoisotopic (exact) mass is 227 g/mol. The van der Waals surface area contributed by atoms with Crippen molar-refractivity contribution in [3.63, 3.8) is 0 Å². The Morgan fingerprint density at radius 1 is 1.29 bits per heavy atom. The zero-order chi connectivity index (χ0) is 12.3. The summed E-state index contributed by atoms with van der Waals surface area (Å²) in [4.78, 5) is 3.97. The summed E-state index contributed by atoms with van der Waals surface area (Å²) in [6, 6.07) is 8.14. The molecule has 0 atom stereocenters. The summed E-state index contributed by atoms with van der Waals surface area (Å²) in [5, 5.41) is 8.80. The van der Waals surface area contributed by atoms with Crippen LogP contribution in [0.15, 0.2) is 36.7 Å². The third kappa shape index (κ3) is 2.30. The summed E-state index contributed by atoms with van der Waals surface area (Å²) in [5.74, 6) is -0.321. The Hall–Kier alpha value is -2.25. The molecule has 0 amide bonds. The van der Waals surface area contributed by atoms with E-state index in [1.165, 1.54) is 18.3 Å². The van der Waals surface area contributed by atoms with Crippen LogP contribution in [0.4, 0.5) is 4.39 Å². The van der Waals surface area contributed by atoms with Gasteiger partial charge in [0.05, 0.1) is 5.56 Å². The number of halogens is 1. The van der Waals surface area contributed by atoms with E-state index in [9.17, 15) is 4.39 Å². The van der Waals surface area contributed by atoms with E-state index in [0.29, 0.717) is 11.1 Å². The molecule has 1 heterocycles. The van der Waals surface area contributed by atoms with Gasteiger partial charge in [-0.25, -0.2) is 4.39 Å². The first-order chi connectivity index (χ1) is 8.24. The second-order valence-electron chi connectivity index (χ2n) is 3.58. The molecule has 0 bridgehead atoms. The number of hydrogen-bond acceptors (Lipinski definition) is 3. The number of benzene rings is 1. The topological polar surface area (TPSA) is 62.7 Å². The molecule has 0 saturated carbocycles. The summed E-state index contributed by atoms with van der Waals surface area (Å²) < 4.78 is 13.1. The number of pyridine rings is 1. The number of rotatable bonds is 2. The van der Waals surface area contributed by atoms with Crippen LogP contribution in [0.2, 0.25) is 0 Å². The fourth-order valence-corrected chi connectivity index (χ4v) is 1.66. The van der Waals surface area contributed by atoms with Crippen molar-refractivity contribution in [2.45, 2.75) is 6.54 Å². The number of aromatic nitrogens is 1. The van der Waals surface area contributed by atoms with Crippen LogP contribution in [-0.4, -0.2) is 4.98 Å². The Labute approximate surface area is 98.3 Å². The highest BCUT2D eigenvalue weighted by atomic mass is 19.1. The first kappa shape index (κ1) is 11.2. The molecule has 1 aromatic heterocycles. The average Bonchev–Trinajstić information content (AvgIpc) is 2.38. The highest BCUT2D eigenvalue weighted by molar-refractivity contribution is 5.67. The van der Waals surface area contributed by atoms with Gasteiger partial charge in [-0.1, -0.05) is 6.07 Å². The van der Waals surface area contributed by atoms with E-state index in [0.717, 1.165) is 11.1 Å². The molecule has 1 aromatic carbocycles. The lowest BCUT2D eigenvalue weighted by Crippen LogP contribution is -2.00. The van der Waals surface area contributed by atoms with E-state index in [2.05, 4.69) is 4.98 Å². The molecular formula is C13H10FN3. The maximum atomic E-state index is 13.1. The molecular weight excluding hydrogens is 217 g/mol. The molecule has 4 heteroatoms. The van der Waals surface area contributed by atoms with Crippen LogP contribution < -0.4 is 5.73 Å². The van der Waals surface area contributed by atoms with E-state index in [4.69, 9.17) is 11.0 Å². The summed E-state index contributed by atoms with van der Waals surface area (Å²) in [6.45, 7) is 0.240. The Morgan fingerprint density at radius 3 is 2.82 bits per heavy atom. The Bertz CT molecular complexity index is 587. The van der Waals surface area contributed by atoms with Crippen molar-refractivity contribution in [1.82, 2.24) is 4.98 Å². The number of nitrogens with two attached hydrogens (primary N) is 1. The van der Waals surface area contributed by atoms with Gasteiger partial charge in [-0.2, -0.15) is 5.26 Å². The summed E-state index contributed by atoms with van der Waals surface area (Å²) in [5.41, 5.74) is 8.31. The minimum atomic E-state index is -0.321. The van der Waals surface area contributed by atoms with Crippen molar-refractivity contribution >= 4 is 0 Å². The van der Waals surface area contributed by atoms with E-state index in [-0.39, 0.29) is 12.4 Å². The molecule has 0 aliphatic carbocycles. The van der Waals surface area contributed by atoms with Crippen LogP contribution in [0.3, 0.4) is 0 Å². The van der Waals surface area contributed by atoms with Gasteiger partial charge in [-0.15, -0.1) is 0 Å². The standard InChI is InChI=1S/C13H10FN3/c14-12-1-2-13(10(4-12)6-16)11-3-9(5-15)7-17-8-11/h1-4,7-8H,6,16H2. The predicted octanol–water partition coefficient (Wildman–Crippen LogP) is 2.22. The molecule has 2 aromatic rings. The summed E-state index contributed by atoms with van der Waals surface area (Å²) in [7, 11) is 0. The molecule has 2 N–H and O–H groups in total. The van der Waals surface area contributed by atoms with Crippen LogP contribution in [0.5, 0.6) is 0 Å². The van der Waals surface area contributed by atoms with Gasteiger partial charge >= 0.3 is 0 Å². The quantitative estimate of drug-likeness (QED) is 0.855. The van der Waals surface area contributed by atoms with Gasteiger partial charge in [0.2, 0.25) is 0 Å². The normalized spacial score (nSPS) is 9.94. The highest BCUT2D eigenvalue weighted by Crippen LogP contribution is 2.24. The maximum absolute atomic E-state index is 13.1. The third-order valence-electron chi connectivity index (χ3n) is 2.47. The Kier molecular flexibility index (Phi) is 3.12. The second-order valence-corrected chi connectivity index (χ2v) is 3.58. The first-order valence-electron chi connectivity index (χ1n) is 5.08. The maximum Gasteiger partial charge on any atom is 0.123 e. The molecule has 0 aliphatic heterocycles. The molecule has 17 heavy (non-hydrogen) atoms. The van der Waals surface area contributed by atoms with Gasteiger partial charge in [-0.05, 0) is 29.3 Å². The van der Waals surface area contributed by atoms with Crippen LogP contribution in [0, 0.1) is 17.1 Å². The SMILES string of the molecule is N#Cc1cncc(-c2ccc(F)cc2CN)c1. The van der Waals surface area contributed by atoms with Gasteiger partial charge in [0, 0.05) is 24.5 Å². The van der Waals surface area contributed by atoms with E-state index >= 15 is 0 Å². The molecule has 2 rings (SSSR count). The van der Waals surface area contributed by atoms with Crippen LogP contribution in [0.25, 0.3) is 11.1 Å². The van der Waals surface area contributed by atoms with Gasteiger partial charge in [-0.3, -0.25) is 4.98 Å². The molecule has 0 radical (unpaired) electrons. The second kappa shape index (κ2) is 4.73. The largest absolute Gasteiger partial charge is 0.326 e. The van der Waals surface area contributed by atoms with Crippen molar-refractivity contribution in [2.24, 2.45) is 5.73 Å². The zero-order valence-corrected chi connectivity index (χ0v) is 9.02. The number of hydrogen-bond donors (Lipinski definition) is 1. The van der Waals surface area contributed by atoms with Crippen molar-refractivity contribution in [1.29, 1.82) is 5.26 Å². The lowest BCUT2D eigenvalue weighted by Gasteiger charge is -2.07. The zero-order valence-electron chi connectivity index (χ0n) is 9.02. The summed E-state index contributed by atoms with van der Waals surface area (Å²) in [6.07, 6.45) is 3.11. The van der Waals surface area contributed by atoms with Gasteiger partial charge in [0.25, 0.3) is 0 Å². The van der Waals surface area contributed by atoms with Crippen LogP contribution in [0.1, 0.15) is 11.1 Å². The van der Waals surface area contributed by atoms with Crippen molar-refractivity contribution in [3.8, 4) is 17.2 Å². The van der Waals surface area contributed by atoms with Gasteiger partial charge in [0.1, 0.15) is 11.9 Å². The molecule has 84 valence electrons. The fourth-order valence-electron chi connectivity index (χ4n) is 1.66. The molecule has 0 spiro atoms. The predicted molar refractivity (Wildman–Crippen MR) is 62.2 cm³/mol. The van der Waals surface area contributed by atoms with Crippen molar-refractivity contribution in [2.75, 3.05) is 0 Å². The molecule has 0 fully saturated rings. The molecule has 0 saturated heterocycles. The van der Waals surface area contributed by atoms with E-state index < -0.39 is 0 Å². The molecule has 0 unspecified atom stereocenters. The van der Waals surface area contributed by atoms with Gasteiger partial charge in [0.15, 0.2) is 0 Å². The minimum Gasteiger partial charge on any atom is -0.326 e. The van der Waals surface area contributed by atoms with E-state index in [1.54, 1.807) is 18.3 Å². The minimum absolute atomic E-state index is 0.240. The Balaban J connectivity index is 2.56. The van der Waals surface area contributed by atoms with Crippen molar-refractivity contribution in [3.05, 3.63) is 53.6 Å².